The van der Waals surface area contributed by atoms with Crippen molar-refractivity contribution in [3.63, 3.8) is 0 Å². The maximum atomic E-state index is 12.1. The van der Waals surface area contributed by atoms with Crippen LogP contribution in [0.3, 0.4) is 0 Å². The lowest BCUT2D eigenvalue weighted by Crippen LogP contribution is -2.26. The molecular formula is C15H16N2O5S. The normalized spacial score (nSPS) is 10.3. The van der Waals surface area contributed by atoms with Crippen molar-refractivity contribution in [1.29, 1.82) is 0 Å². The molecule has 23 heavy (non-hydrogen) atoms. The van der Waals surface area contributed by atoms with Crippen LogP contribution in [0.25, 0.3) is 0 Å². The molecule has 0 aliphatic carbocycles. The molecule has 8 heteroatoms. The van der Waals surface area contributed by atoms with E-state index in [2.05, 4.69) is 5.32 Å². The summed E-state index contributed by atoms with van der Waals surface area (Å²) in [5.74, 6) is -0.892. The van der Waals surface area contributed by atoms with Crippen molar-refractivity contribution in [3.8, 4) is 5.75 Å². The van der Waals surface area contributed by atoms with Crippen LogP contribution in [0.15, 0.2) is 29.1 Å². The highest BCUT2D eigenvalue weighted by atomic mass is 32.1. The van der Waals surface area contributed by atoms with E-state index in [1.54, 1.807) is 38.3 Å². The lowest BCUT2D eigenvalue weighted by molar-refractivity contribution is -0.116. The molecule has 7 nitrogen and oxygen atoms in total. The number of thiazole rings is 1. The summed E-state index contributed by atoms with van der Waals surface area (Å²) in [7, 11) is 1.54. The molecule has 0 bridgehead atoms. The van der Waals surface area contributed by atoms with Gasteiger partial charge in [0.05, 0.1) is 7.11 Å². The summed E-state index contributed by atoms with van der Waals surface area (Å²) in [4.78, 5) is 34.7. The zero-order valence-electron chi connectivity index (χ0n) is 12.7. The molecule has 0 aliphatic rings. The maximum absolute atomic E-state index is 12.1. The van der Waals surface area contributed by atoms with Crippen LogP contribution in [0.2, 0.25) is 0 Å². The fraction of sp³-hybridized carbons (Fsp3) is 0.267. The Morgan fingerprint density at radius 3 is 2.48 bits per heavy atom. The van der Waals surface area contributed by atoms with Gasteiger partial charge < -0.3 is 15.2 Å². The molecule has 2 rings (SSSR count). The van der Waals surface area contributed by atoms with E-state index in [1.165, 1.54) is 4.57 Å². The number of anilines is 1. The van der Waals surface area contributed by atoms with Crippen molar-refractivity contribution in [1.82, 2.24) is 4.57 Å². The van der Waals surface area contributed by atoms with Gasteiger partial charge in [0.25, 0.3) is 0 Å². The number of hydrogen-bond acceptors (Lipinski definition) is 5. The molecule has 1 aromatic carbocycles. The molecule has 1 aromatic heterocycles. The number of aromatic nitrogens is 1. The molecule has 122 valence electrons. The molecule has 0 radical (unpaired) electrons. The van der Waals surface area contributed by atoms with E-state index in [1.807, 2.05) is 0 Å². The zero-order chi connectivity index (χ0) is 17.0. The molecule has 0 saturated carbocycles. The Labute approximate surface area is 136 Å². The van der Waals surface area contributed by atoms with Gasteiger partial charge in [0, 0.05) is 11.4 Å². The minimum absolute atomic E-state index is 0.0188. The summed E-state index contributed by atoms with van der Waals surface area (Å²) >= 11 is 0.638. The van der Waals surface area contributed by atoms with Gasteiger partial charge in [-0.1, -0.05) is 18.3 Å². The highest BCUT2D eigenvalue weighted by Gasteiger charge is 2.20. The van der Waals surface area contributed by atoms with Crippen LogP contribution >= 0.6 is 11.3 Å². The predicted octanol–water partition coefficient (Wildman–Crippen LogP) is 1.82. The SMILES string of the molecule is CCc1c(C(=O)O)sc(=O)n1CC(=O)Nc1ccc(OC)cc1. The van der Waals surface area contributed by atoms with E-state index >= 15 is 0 Å². The molecule has 0 saturated heterocycles. The minimum atomic E-state index is -1.15. The Morgan fingerprint density at radius 2 is 1.96 bits per heavy atom. The first-order valence-corrected chi connectivity index (χ1v) is 7.67. The smallest absolute Gasteiger partial charge is 0.347 e. The van der Waals surface area contributed by atoms with Crippen molar-refractivity contribution in [2.45, 2.75) is 19.9 Å². The van der Waals surface area contributed by atoms with Gasteiger partial charge in [0.2, 0.25) is 5.91 Å². The molecule has 0 aliphatic heterocycles. The van der Waals surface area contributed by atoms with E-state index in [0.29, 0.717) is 34.9 Å². The largest absolute Gasteiger partial charge is 0.497 e. The van der Waals surface area contributed by atoms with Gasteiger partial charge >= 0.3 is 10.8 Å². The second-order valence-electron chi connectivity index (χ2n) is 4.67. The average molecular weight is 336 g/mol. The fourth-order valence-electron chi connectivity index (χ4n) is 2.13. The van der Waals surface area contributed by atoms with Gasteiger partial charge in [-0.2, -0.15) is 0 Å². The minimum Gasteiger partial charge on any atom is -0.497 e. The molecule has 1 heterocycles. The number of carboxylic acids is 1. The number of amides is 1. The molecule has 0 unspecified atom stereocenters. The predicted molar refractivity (Wildman–Crippen MR) is 86.5 cm³/mol. The van der Waals surface area contributed by atoms with Crippen LogP contribution in [0, 0.1) is 0 Å². The van der Waals surface area contributed by atoms with Crippen molar-refractivity contribution in [3.05, 3.63) is 44.5 Å². The number of rotatable bonds is 6. The summed E-state index contributed by atoms with van der Waals surface area (Å²) in [6, 6.07) is 6.76. The van der Waals surface area contributed by atoms with Crippen LogP contribution in [0.1, 0.15) is 22.3 Å². The van der Waals surface area contributed by atoms with E-state index < -0.39 is 16.7 Å². The van der Waals surface area contributed by atoms with E-state index in [0.717, 1.165) is 0 Å². The monoisotopic (exact) mass is 336 g/mol. The fourth-order valence-corrected chi connectivity index (χ4v) is 3.05. The van der Waals surface area contributed by atoms with E-state index in [9.17, 15) is 14.4 Å². The van der Waals surface area contributed by atoms with Gasteiger partial charge in [-0.25, -0.2) is 4.79 Å². The lowest BCUT2D eigenvalue weighted by Gasteiger charge is -2.09. The number of methoxy groups -OCH3 is 1. The Hall–Kier alpha value is -2.61. The third-order valence-electron chi connectivity index (χ3n) is 3.20. The Morgan fingerprint density at radius 1 is 1.30 bits per heavy atom. The van der Waals surface area contributed by atoms with Gasteiger partial charge in [0.15, 0.2) is 0 Å². The third-order valence-corrected chi connectivity index (χ3v) is 4.21. The second kappa shape index (κ2) is 7.10. The lowest BCUT2D eigenvalue weighted by atomic mass is 10.2. The number of nitrogens with zero attached hydrogens (tertiary/aromatic N) is 1. The van der Waals surface area contributed by atoms with Crippen LogP contribution in [-0.2, 0) is 17.8 Å². The summed E-state index contributed by atoms with van der Waals surface area (Å²) in [5.41, 5.74) is 0.924. The summed E-state index contributed by atoms with van der Waals surface area (Å²) < 4.78 is 6.23. The molecule has 0 fully saturated rings. The van der Waals surface area contributed by atoms with Crippen molar-refractivity contribution < 1.29 is 19.4 Å². The Balaban J connectivity index is 2.16. The summed E-state index contributed by atoms with van der Waals surface area (Å²) in [6.07, 6.45) is 0.357. The second-order valence-corrected chi connectivity index (χ2v) is 5.63. The number of aromatic carboxylic acids is 1. The van der Waals surface area contributed by atoms with Gasteiger partial charge in [-0.3, -0.25) is 14.2 Å². The van der Waals surface area contributed by atoms with Gasteiger partial charge in [-0.15, -0.1) is 0 Å². The molecule has 1 amide bonds. The van der Waals surface area contributed by atoms with Gasteiger partial charge in [0.1, 0.15) is 17.2 Å². The number of nitrogens with one attached hydrogen (secondary N) is 1. The van der Waals surface area contributed by atoms with Crippen molar-refractivity contribution in [2.24, 2.45) is 0 Å². The summed E-state index contributed by atoms with van der Waals surface area (Å²) in [6.45, 7) is 1.52. The Bertz CT molecular complexity index is 776. The zero-order valence-corrected chi connectivity index (χ0v) is 13.5. The van der Waals surface area contributed by atoms with Crippen LogP contribution < -0.4 is 14.9 Å². The van der Waals surface area contributed by atoms with Crippen molar-refractivity contribution in [2.75, 3.05) is 12.4 Å². The van der Waals surface area contributed by atoms with Crippen molar-refractivity contribution >= 4 is 28.9 Å². The Kier molecular flexibility index (Phi) is 5.17. The highest BCUT2D eigenvalue weighted by Crippen LogP contribution is 2.16. The topological polar surface area (TPSA) is 97.6 Å². The number of ether oxygens (including phenoxy) is 1. The first-order valence-electron chi connectivity index (χ1n) is 6.86. The van der Waals surface area contributed by atoms with Gasteiger partial charge in [-0.05, 0) is 30.7 Å². The third kappa shape index (κ3) is 3.78. The van der Waals surface area contributed by atoms with Crippen LogP contribution in [-0.4, -0.2) is 28.7 Å². The average Bonchev–Trinajstić information content (AvgIpc) is 2.84. The maximum Gasteiger partial charge on any atom is 0.347 e. The number of carboxylic acid groups (broad SMARTS) is 1. The highest BCUT2D eigenvalue weighted by molar-refractivity contribution is 7.11. The molecule has 0 atom stereocenters. The first kappa shape index (κ1) is 16.8. The van der Waals surface area contributed by atoms with Crippen LogP contribution in [0.4, 0.5) is 5.69 Å². The first-order chi connectivity index (χ1) is 11.0. The number of carbonyl (C=O) groups excluding carboxylic acids is 1. The molecule has 0 spiro atoms. The standard InChI is InChI=1S/C15H16N2O5S/c1-3-11-13(14(19)20)23-15(21)17(11)8-12(18)16-9-4-6-10(22-2)7-5-9/h4-7H,3,8H2,1-2H3,(H,16,18)(H,19,20). The molecule has 2 N–H and O–H groups in total. The molecular weight excluding hydrogens is 320 g/mol. The number of hydrogen-bond donors (Lipinski definition) is 2. The van der Waals surface area contributed by atoms with E-state index in [4.69, 9.17) is 9.84 Å². The number of benzene rings is 1. The van der Waals surface area contributed by atoms with E-state index in [-0.39, 0.29) is 11.4 Å². The number of carbonyl (C=O) groups is 2. The molecule has 2 aromatic rings. The summed E-state index contributed by atoms with van der Waals surface area (Å²) in [5, 5.41) is 11.8. The quantitative estimate of drug-likeness (QED) is 0.838. The van der Waals surface area contributed by atoms with Crippen LogP contribution in [0.5, 0.6) is 5.75 Å².